The smallest absolute Gasteiger partial charge is 0.162 e. The first kappa shape index (κ1) is 15.7. The van der Waals surface area contributed by atoms with Gasteiger partial charge in [-0.3, -0.25) is 0 Å². The lowest BCUT2D eigenvalue weighted by atomic mass is 9.91. The van der Waals surface area contributed by atoms with Crippen molar-refractivity contribution in [3.05, 3.63) is 38.0 Å². The molecule has 1 heterocycles. The van der Waals surface area contributed by atoms with Crippen molar-refractivity contribution >= 4 is 44.3 Å². The number of aromatic nitrogens is 2. The van der Waals surface area contributed by atoms with Crippen LogP contribution in [-0.2, 0) is 5.41 Å². The van der Waals surface area contributed by atoms with Crippen LogP contribution in [0.2, 0.25) is 0 Å². The van der Waals surface area contributed by atoms with E-state index in [2.05, 4.69) is 69.6 Å². The second-order valence-corrected chi connectivity index (χ2v) is 7.47. The Morgan fingerprint density at radius 1 is 1.15 bits per heavy atom. The maximum atomic E-state index is 4.79. The molecule has 0 unspecified atom stereocenters. The number of halogens is 2. The van der Waals surface area contributed by atoms with Gasteiger partial charge in [0.2, 0.25) is 0 Å². The summed E-state index contributed by atoms with van der Waals surface area (Å²) in [5.41, 5.74) is 2.04. The van der Waals surface area contributed by atoms with E-state index in [0.29, 0.717) is 0 Å². The maximum Gasteiger partial charge on any atom is 0.162 e. The van der Waals surface area contributed by atoms with Crippen molar-refractivity contribution in [2.24, 2.45) is 0 Å². The summed E-state index contributed by atoms with van der Waals surface area (Å²) in [5, 5.41) is 3.16. The van der Waals surface area contributed by atoms with Gasteiger partial charge in [0.1, 0.15) is 5.82 Å². The lowest BCUT2D eigenvalue weighted by Crippen LogP contribution is -2.18. The number of rotatable bonds is 2. The zero-order valence-corrected chi connectivity index (χ0v) is 15.7. The van der Waals surface area contributed by atoms with Crippen molar-refractivity contribution in [2.75, 3.05) is 12.4 Å². The zero-order chi connectivity index (χ0) is 14.9. The van der Waals surface area contributed by atoms with E-state index in [1.807, 2.05) is 31.3 Å². The normalized spacial score (nSPS) is 11.5. The highest BCUT2D eigenvalue weighted by Gasteiger charge is 2.23. The molecule has 0 saturated heterocycles. The minimum Gasteiger partial charge on any atom is -0.372 e. The first-order chi connectivity index (χ1) is 9.34. The lowest BCUT2D eigenvalue weighted by Gasteiger charge is -2.22. The molecule has 0 atom stereocenters. The van der Waals surface area contributed by atoms with Gasteiger partial charge in [0, 0.05) is 22.5 Å². The molecule has 20 heavy (non-hydrogen) atoms. The molecule has 1 aromatic heterocycles. The lowest BCUT2D eigenvalue weighted by molar-refractivity contribution is 0.564. The van der Waals surface area contributed by atoms with E-state index in [-0.39, 0.29) is 5.41 Å². The second kappa shape index (κ2) is 5.97. The van der Waals surface area contributed by atoms with Crippen LogP contribution in [0.1, 0.15) is 26.5 Å². The summed E-state index contributed by atoms with van der Waals surface area (Å²) in [6.07, 6.45) is 0. The minimum absolute atomic E-state index is 0.0267. The third-order valence-electron chi connectivity index (χ3n) is 2.91. The number of hydrogen-bond acceptors (Lipinski definition) is 3. The summed E-state index contributed by atoms with van der Waals surface area (Å²) in [5.74, 6) is 1.61. The number of nitrogens with zero attached hydrogens (tertiary/aromatic N) is 2. The molecule has 106 valence electrons. The van der Waals surface area contributed by atoms with Crippen LogP contribution in [0.3, 0.4) is 0 Å². The van der Waals surface area contributed by atoms with Gasteiger partial charge in [-0.15, -0.1) is 0 Å². The number of anilines is 1. The van der Waals surface area contributed by atoms with Gasteiger partial charge in [0.15, 0.2) is 5.82 Å². The van der Waals surface area contributed by atoms with Gasteiger partial charge < -0.3 is 5.32 Å². The summed E-state index contributed by atoms with van der Waals surface area (Å²) < 4.78 is 2.08. The van der Waals surface area contributed by atoms with Gasteiger partial charge in [-0.25, -0.2) is 9.97 Å². The number of benzene rings is 1. The predicted octanol–water partition coefficient (Wildman–Crippen LogP) is 4.85. The summed E-state index contributed by atoms with van der Waals surface area (Å²) >= 11 is 5.88. The van der Waals surface area contributed by atoms with Crippen molar-refractivity contribution in [3.63, 3.8) is 0 Å². The van der Waals surface area contributed by atoms with E-state index < -0.39 is 0 Å². The van der Waals surface area contributed by atoms with Crippen LogP contribution in [0, 0.1) is 3.57 Å². The quantitative estimate of drug-likeness (QED) is 0.671. The molecule has 2 aromatic rings. The Morgan fingerprint density at radius 2 is 1.80 bits per heavy atom. The number of nitrogens with one attached hydrogen (secondary N) is 1. The van der Waals surface area contributed by atoms with Gasteiger partial charge in [0.25, 0.3) is 0 Å². The van der Waals surface area contributed by atoms with Crippen LogP contribution in [0.5, 0.6) is 0 Å². The van der Waals surface area contributed by atoms with E-state index >= 15 is 0 Å². The first-order valence-electron chi connectivity index (χ1n) is 6.35. The van der Waals surface area contributed by atoms with Crippen LogP contribution in [-0.4, -0.2) is 17.0 Å². The Kier molecular flexibility index (Phi) is 4.69. The van der Waals surface area contributed by atoms with Crippen LogP contribution in [0.4, 0.5) is 5.82 Å². The zero-order valence-electron chi connectivity index (χ0n) is 12.0. The Balaban J connectivity index is 2.70. The molecule has 0 fully saturated rings. The van der Waals surface area contributed by atoms with E-state index in [0.717, 1.165) is 30.9 Å². The average molecular weight is 446 g/mol. The molecule has 0 saturated carbocycles. The average Bonchev–Trinajstić information content (AvgIpc) is 2.38. The van der Waals surface area contributed by atoms with Crippen molar-refractivity contribution < 1.29 is 0 Å². The van der Waals surface area contributed by atoms with E-state index in [4.69, 9.17) is 4.98 Å². The monoisotopic (exact) mass is 445 g/mol. The molecule has 0 radical (unpaired) electrons. The van der Waals surface area contributed by atoms with Crippen LogP contribution in [0.15, 0.2) is 28.7 Å². The third kappa shape index (κ3) is 3.14. The van der Waals surface area contributed by atoms with E-state index in [1.54, 1.807) is 0 Å². The molecule has 0 aliphatic rings. The number of hydrogen-bond donors (Lipinski definition) is 1. The predicted molar refractivity (Wildman–Crippen MR) is 96.1 cm³/mol. The highest BCUT2D eigenvalue weighted by Crippen LogP contribution is 2.33. The molecule has 0 spiro atoms. The van der Waals surface area contributed by atoms with Crippen molar-refractivity contribution in [1.29, 1.82) is 0 Å². The standard InChI is InChI=1S/C15H17BrIN3/c1-15(2,3)12-11(17)14(18-4)20-13(19-12)9-7-5-6-8-10(9)16/h5-8H,1-4H3,(H,18,19,20). The van der Waals surface area contributed by atoms with Crippen molar-refractivity contribution in [2.45, 2.75) is 26.2 Å². The first-order valence-corrected chi connectivity index (χ1v) is 8.22. The Hall–Kier alpha value is -0.690. The second-order valence-electron chi connectivity index (χ2n) is 5.54. The summed E-state index contributed by atoms with van der Waals surface area (Å²) in [7, 11) is 1.89. The molecular formula is C15H17BrIN3. The highest BCUT2D eigenvalue weighted by atomic mass is 127. The van der Waals surface area contributed by atoms with Gasteiger partial charge in [-0.1, -0.05) is 54.9 Å². The molecule has 0 aliphatic carbocycles. The Bertz CT molecular complexity index is 636. The largest absolute Gasteiger partial charge is 0.372 e. The summed E-state index contributed by atoms with van der Waals surface area (Å²) in [6.45, 7) is 6.50. The fourth-order valence-electron chi connectivity index (χ4n) is 1.87. The van der Waals surface area contributed by atoms with E-state index in [1.165, 1.54) is 0 Å². The molecule has 0 amide bonds. The third-order valence-corrected chi connectivity index (χ3v) is 4.63. The van der Waals surface area contributed by atoms with Crippen LogP contribution >= 0.6 is 38.5 Å². The SMILES string of the molecule is CNc1nc(-c2ccccc2Br)nc(C(C)(C)C)c1I. The molecule has 2 rings (SSSR count). The molecule has 1 N–H and O–H groups in total. The minimum atomic E-state index is -0.0267. The Morgan fingerprint density at radius 3 is 2.35 bits per heavy atom. The fraction of sp³-hybridized carbons (Fsp3) is 0.333. The van der Waals surface area contributed by atoms with Gasteiger partial charge in [0.05, 0.1) is 9.26 Å². The molecule has 1 aromatic carbocycles. The maximum absolute atomic E-state index is 4.79. The van der Waals surface area contributed by atoms with Crippen molar-refractivity contribution in [1.82, 2.24) is 9.97 Å². The van der Waals surface area contributed by atoms with Crippen LogP contribution in [0.25, 0.3) is 11.4 Å². The fourth-order valence-corrected chi connectivity index (χ4v) is 3.65. The molecular weight excluding hydrogens is 429 g/mol. The molecule has 0 bridgehead atoms. The van der Waals surface area contributed by atoms with Crippen LogP contribution < -0.4 is 5.32 Å². The van der Waals surface area contributed by atoms with Gasteiger partial charge in [-0.2, -0.15) is 0 Å². The summed E-state index contributed by atoms with van der Waals surface area (Å²) in [4.78, 5) is 9.43. The molecule has 5 heteroatoms. The van der Waals surface area contributed by atoms with Gasteiger partial charge in [-0.05, 0) is 28.7 Å². The summed E-state index contributed by atoms with van der Waals surface area (Å²) in [6, 6.07) is 8.02. The van der Waals surface area contributed by atoms with Crippen molar-refractivity contribution in [3.8, 4) is 11.4 Å². The Labute approximate surface area is 141 Å². The van der Waals surface area contributed by atoms with Gasteiger partial charge >= 0.3 is 0 Å². The molecule has 0 aliphatic heterocycles. The molecule has 3 nitrogen and oxygen atoms in total. The van der Waals surface area contributed by atoms with E-state index in [9.17, 15) is 0 Å². The highest BCUT2D eigenvalue weighted by molar-refractivity contribution is 14.1. The topological polar surface area (TPSA) is 37.8 Å².